The van der Waals surface area contributed by atoms with Gasteiger partial charge in [-0.05, 0) is 32.0 Å². The zero-order valence-corrected chi connectivity index (χ0v) is 12.5. The normalized spacial score (nSPS) is 18.9. The summed E-state index contributed by atoms with van der Waals surface area (Å²) in [5.74, 6) is -0.671. The van der Waals surface area contributed by atoms with Crippen LogP contribution in [0.4, 0.5) is 0 Å². The molecule has 1 aliphatic rings. The Balaban J connectivity index is 1.70. The molecule has 1 aliphatic heterocycles. The zero-order valence-electron chi connectivity index (χ0n) is 12.5. The van der Waals surface area contributed by atoms with Crippen LogP contribution in [0.5, 0.6) is 5.75 Å². The lowest BCUT2D eigenvalue weighted by Crippen LogP contribution is -2.53. The number of morpholine rings is 1. The minimum atomic E-state index is -0.812. The fourth-order valence-corrected chi connectivity index (χ4v) is 2.56. The summed E-state index contributed by atoms with van der Waals surface area (Å²) in [6.45, 7) is 4.31. The molecule has 6 heteroatoms. The smallest absolute Gasteiger partial charge is 0.397 e. The summed E-state index contributed by atoms with van der Waals surface area (Å²) < 4.78 is 10.9. The van der Waals surface area contributed by atoms with Gasteiger partial charge in [0.25, 0.3) is 0 Å². The van der Waals surface area contributed by atoms with Gasteiger partial charge in [0.05, 0.1) is 6.54 Å². The third-order valence-electron chi connectivity index (χ3n) is 3.71. The van der Waals surface area contributed by atoms with E-state index < -0.39 is 18.0 Å². The van der Waals surface area contributed by atoms with Crippen LogP contribution in [0.3, 0.4) is 0 Å². The molecule has 116 valence electrons. The van der Waals surface area contributed by atoms with Gasteiger partial charge in [0.1, 0.15) is 12.4 Å². The largest absolute Gasteiger partial charge is 0.489 e. The number of aromatic amines is 1. The van der Waals surface area contributed by atoms with Gasteiger partial charge in [-0.15, -0.1) is 0 Å². The lowest BCUT2D eigenvalue weighted by molar-refractivity contribution is -0.175. The van der Waals surface area contributed by atoms with Crippen molar-refractivity contribution in [2.75, 3.05) is 13.2 Å². The predicted octanol–water partition coefficient (Wildman–Crippen LogP) is 1.71. The van der Waals surface area contributed by atoms with Gasteiger partial charge in [-0.3, -0.25) is 4.79 Å². The van der Waals surface area contributed by atoms with E-state index in [1.807, 2.05) is 44.3 Å². The quantitative estimate of drug-likeness (QED) is 0.689. The number of rotatable bonds is 4. The zero-order chi connectivity index (χ0) is 15.7. The topological polar surface area (TPSA) is 71.6 Å². The van der Waals surface area contributed by atoms with Crippen molar-refractivity contribution in [1.82, 2.24) is 9.88 Å². The Morgan fingerprint density at radius 3 is 2.95 bits per heavy atom. The van der Waals surface area contributed by atoms with Crippen LogP contribution in [-0.4, -0.2) is 47.1 Å². The van der Waals surface area contributed by atoms with Gasteiger partial charge in [0.2, 0.25) is 0 Å². The van der Waals surface area contributed by atoms with Gasteiger partial charge in [0.15, 0.2) is 6.10 Å². The molecule has 0 spiro atoms. The second-order valence-corrected chi connectivity index (χ2v) is 5.58. The van der Waals surface area contributed by atoms with Crippen LogP contribution in [0.15, 0.2) is 30.5 Å². The number of hydrogen-bond donors (Lipinski definition) is 1. The Morgan fingerprint density at radius 1 is 1.36 bits per heavy atom. The summed E-state index contributed by atoms with van der Waals surface area (Å²) in [6.07, 6.45) is 1.39. The van der Waals surface area contributed by atoms with E-state index in [1.165, 1.54) is 4.90 Å². The number of fused-ring (bicyclic) bond motifs is 1. The maximum atomic E-state index is 11.7. The Kier molecular flexibility index (Phi) is 3.75. The van der Waals surface area contributed by atoms with E-state index in [0.29, 0.717) is 6.54 Å². The SMILES string of the molecule is CC(C)N1CC(COc2cccc3[nH]ccc23)OC(=O)C1=O. The lowest BCUT2D eigenvalue weighted by Gasteiger charge is -2.34. The summed E-state index contributed by atoms with van der Waals surface area (Å²) in [5.41, 5.74) is 0.983. The van der Waals surface area contributed by atoms with E-state index in [1.54, 1.807) is 0 Å². The van der Waals surface area contributed by atoms with E-state index in [-0.39, 0.29) is 12.6 Å². The summed E-state index contributed by atoms with van der Waals surface area (Å²) in [7, 11) is 0. The maximum Gasteiger partial charge on any atom is 0.397 e. The van der Waals surface area contributed by atoms with Gasteiger partial charge < -0.3 is 19.4 Å². The Morgan fingerprint density at radius 2 is 2.18 bits per heavy atom. The molecule has 0 radical (unpaired) electrons. The number of ether oxygens (including phenoxy) is 2. The van der Waals surface area contributed by atoms with E-state index in [2.05, 4.69) is 4.98 Å². The molecule has 0 aliphatic carbocycles. The molecule has 22 heavy (non-hydrogen) atoms. The first-order valence-electron chi connectivity index (χ1n) is 7.26. The monoisotopic (exact) mass is 302 g/mol. The predicted molar refractivity (Wildman–Crippen MR) is 80.5 cm³/mol. The highest BCUT2D eigenvalue weighted by molar-refractivity contribution is 6.32. The van der Waals surface area contributed by atoms with Crippen molar-refractivity contribution in [3.05, 3.63) is 30.5 Å². The number of nitrogens with zero attached hydrogens (tertiary/aromatic N) is 1. The summed E-state index contributed by atoms with van der Waals surface area (Å²) in [5, 5.41) is 0.974. The Labute approximate surface area is 128 Å². The van der Waals surface area contributed by atoms with Crippen molar-refractivity contribution in [1.29, 1.82) is 0 Å². The molecule has 1 aromatic heterocycles. The third-order valence-corrected chi connectivity index (χ3v) is 3.71. The van der Waals surface area contributed by atoms with Crippen LogP contribution >= 0.6 is 0 Å². The van der Waals surface area contributed by atoms with Crippen LogP contribution in [0.25, 0.3) is 10.9 Å². The molecule has 1 aromatic carbocycles. The standard InChI is InChI=1S/C16H18N2O4/c1-10(2)18-8-11(22-16(20)15(18)19)9-21-14-5-3-4-13-12(14)6-7-17-13/h3-7,10-11,17H,8-9H2,1-2H3. The van der Waals surface area contributed by atoms with Crippen LogP contribution in [0.2, 0.25) is 0 Å². The van der Waals surface area contributed by atoms with Gasteiger partial charge in [-0.2, -0.15) is 0 Å². The van der Waals surface area contributed by atoms with Crippen LogP contribution in [0.1, 0.15) is 13.8 Å². The molecule has 1 fully saturated rings. The van der Waals surface area contributed by atoms with Crippen LogP contribution in [0, 0.1) is 0 Å². The number of H-pyrrole nitrogens is 1. The number of cyclic esters (lactones) is 1. The maximum absolute atomic E-state index is 11.7. The molecule has 2 aromatic rings. The van der Waals surface area contributed by atoms with Crippen molar-refractivity contribution >= 4 is 22.8 Å². The molecule has 0 bridgehead atoms. The van der Waals surface area contributed by atoms with Gasteiger partial charge in [-0.25, -0.2) is 4.79 Å². The Hall–Kier alpha value is -2.50. The summed E-state index contributed by atoms with van der Waals surface area (Å²) in [6, 6.07) is 7.61. The highest BCUT2D eigenvalue weighted by Gasteiger charge is 2.36. The molecule has 1 saturated heterocycles. The van der Waals surface area contributed by atoms with E-state index in [4.69, 9.17) is 9.47 Å². The molecule has 1 atom stereocenters. The second kappa shape index (κ2) is 5.71. The van der Waals surface area contributed by atoms with Crippen molar-refractivity contribution in [3.8, 4) is 5.75 Å². The number of esters is 1. The van der Waals surface area contributed by atoms with Crippen molar-refractivity contribution in [2.45, 2.75) is 26.0 Å². The van der Waals surface area contributed by atoms with Crippen molar-refractivity contribution < 1.29 is 19.1 Å². The van der Waals surface area contributed by atoms with E-state index in [0.717, 1.165) is 16.7 Å². The average Bonchev–Trinajstić information content (AvgIpc) is 2.97. The van der Waals surface area contributed by atoms with Crippen LogP contribution in [-0.2, 0) is 14.3 Å². The van der Waals surface area contributed by atoms with Crippen LogP contribution < -0.4 is 4.74 Å². The summed E-state index contributed by atoms with van der Waals surface area (Å²) >= 11 is 0. The number of nitrogens with one attached hydrogen (secondary N) is 1. The first kappa shape index (κ1) is 14.4. The lowest BCUT2D eigenvalue weighted by atomic mass is 10.2. The van der Waals surface area contributed by atoms with E-state index >= 15 is 0 Å². The molecule has 6 nitrogen and oxygen atoms in total. The Bertz CT molecular complexity index is 707. The second-order valence-electron chi connectivity index (χ2n) is 5.58. The number of carbonyl (C=O) groups is 2. The number of hydrogen-bond acceptors (Lipinski definition) is 4. The fraction of sp³-hybridized carbons (Fsp3) is 0.375. The highest BCUT2D eigenvalue weighted by atomic mass is 16.6. The minimum Gasteiger partial charge on any atom is -0.489 e. The minimum absolute atomic E-state index is 0.0454. The first-order chi connectivity index (χ1) is 10.6. The first-order valence-corrected chi connectivity index (χ1v) is 7.26. The molecular formula is C16H18N2O4. The van der Waals surface area contributed by atoms with Gasteiger partial charge in [0, 0.05) is 23.1 Å². The van der Waals surface area contributed by atoms with Crippen molar-refractivity contribution in [3.63, 3.8) is 0 Å². The molecular weight excluding hydrogens is 284 g/mol. The van der Waals surface area contributed by atoms with E-state index in [9.17, 15) is 9.59 Å². The number of carbonyl (C=O) groups excluding carboxylic acids is 2. The molecule has 1 unspecified atom stereocenters. The fourth-order valence-electron chi connectivity index (χ4n) is 2.56. The molecule has 1 N–H and O–H groups in total. The molecule has 0 saturated carbocycles. The molecule has 3 rings (SSSR count). The highest BCUT2D eigenvalue weighted by Crippen LogP contribution is 2.25. The average molecular weight is 302 g/mol. The molecule has 1 amide bonds. The molecule has 2 heterocycles. The van der Waals surface area contributed by atoms with Crippen molar-refractivity contribution in [2.24, 2.45) is 0 Å². The number of benzene rings is 1. The van der Waals surface area contributed by atoms with Gasteiger partial charge in [-0.1, -0.05) is 6.07 Å². The third kappa shape index (κ3) is 2.64. The number of amides is 1. The summed E-state index contributed by atoms with van der Waals surface area (Å²) in [4.78, 5) is 28.0. The van der Waals surface area contributed by atoms with Gasteiger partial charge >= 0.3 is 11.9 Å². The number of aromatic nitrogens is 1.